The fraction of sp³-hybridized carbons (Fsp3) is 0.0612. The molecule has 0 aromatic heterocycles. The maximum Gasteiger partial charge on any atom is 0.0159 e. The van der Waals surface area contributed by atoms with Crippen LogP contribution < -0.4 is 0 Å². The summed E-state index contributed by atoms with van der Waals surface area (Å²) in [6, 6.07) is 190. The van der Waals surface area contributed by atoms with Gasteiger partial charge in [-0.3, -0.25) is 0 Å². The number of fused-ring (bicyclic) bond motifs is 24. The molecule has 147 heavy (non-hydrogen) atoms. The van der Waals surface area contributed by atoms with Crippen molar-refractivity contribution in [2.75, 3.05) is 0 Å². The molecule has 0 nitrogen and oxygen atoms in total. The zero-order chi connectivity index (χ0) is 98.1. The quantitative estimate of drug-likeness (QED) is 0.126. The Morgan fingerprint density at radius 2 is 0.293 bits per heavy atom. The smallest absolute Gasteiger partial charge is 0.0159 e. The molecule has 0 atom stereocenters. The van der Waals surface area contributed by atoms with Crippen molar-refractivity contribution in [2.45, 2.75) is 57.8 Å². The second-order valence-electron chi connectivity index (χ2n) is 42.3. The first-order valence-electron chi connectivity index (χ1n) is 51.8. The molecule has 30 rings (SSSR count). The predicted molar refractivity (Wildman–Crippen MR) is 631 cm³/mol. The Morgan fingerprint density at radius 3 is 0.660 bits per heavy atom. The zero-order valence-electron chi connectivity index (χ0n) is 83.0. The summed E-state index contributed by atoms with van der Waals surface area (Å²) >= 11 is 0. The molecular formula is C147H102. The molecule has 690 valence electrons. The van der Waals surface area contributed by atoms with Crippen LogP contribution >= 0.6 is 0 Å². The molecule has 0 bridgehead atoms. The van der Waals surface area contributed by atoms with Crippen molar-refractivity contribution in [3.05, 3.63) is 543 Å². The van der Waals surface area contributed by atoms with E-state index in [9.17, 15) is 0 Å². The van der Waals surface area contributed by atoms with Crippen LogP contribution in [-0.2, 0) is 16.2 Å². The largest absolute Gasteiger partial charge is 0.0616 e. The van der Waals surface area contributed by atoms with Gasteiger partial charge in [-0.15, -0.1) is 0 Å². The summed E-state index contributed by atoms with van der Waals surface area (Å²) < 4.78 is 0. The third-order valence-electron chi connectivity index (χ3n) is 33.1. The van der Waals surface area contributed by atoms with Crippen molar-refractivity contribution in [1.82, 2.24) is 0 Å². The molecule has 0 saturated heterocycles. The SMILES string of the molecule is CC1(C)c2cc(-c3ccc4ccccc4c3)ccc2-c2ccc(-c3ccc(-c4cc5ccccc5c5ccccc45)c4ccccc34)cc21.CC1(C)c2cc(-c3ccc4ccccc4c3)ccc2-c2ccc(-c3cccc4c(-c5cc6ccccc6c6ccccc56)cccc34)cc21.CC1(C)c2cc(-c3ccc4ccccc4c3)ccc2-c2ccc(-c3cccc4ccc(-c5cc6ccccc6c6ccccc56)cc34)cc21. The van der Waals surface area contributed by atoms with Crippen LogP contribution in [-0.4, -0.2) is 0 Å². The Balaban J connectivity index is 0.000000107. The fourth-order valence-electron chi connectivity index (χ4n) is 25.5. The standard InChI is InChI=1S/3C49H34/c1-49(2)47-29-34(33-20-19-31-11-3-4-12-32(31)27-33)21-23-44(47)45-24-22-36(30-48(45)49)38-25-26-43(41-17-9-7-16-40(38)41)46-28-35-13-5-6-14-37(35)39-15-8-10-18-42(39)46;1-49(2)47-29-34(33-22-21-31-11-3-4-12-32(31)27-33)23-25-44(47)45-26-24-36(30-48(45)49)38-17-9-19-41-40(38)18-10-20-43(41)46-28-35-13-5-6-14-37(35)39-15-7-8-16-42(39)46;1-49(2)47-29-35(34-20-18-31-10-3-4-11-33(31)26-34)22-24-43(47)44-25-23-38(30-48(44)49)40-17-9-13-32-19-21-37(28-45(32)40)46-27-36-12-5-6-14-39(36)41-15-7-8-16-42(41)46/h3*3-30H,1-2H3. The van der Waals surface area contributed by atoms with E-state index in [-0.39, 0.29) is 16.2 Å². The lowest BCUT2D eigenvalue weighted by Crippen LogP contribution is -2.15. The van der Waals surface area contributed by atoms with Gasteiger partial charge in [0.15, 0.2) is 0 Å². The van der Waals surface area contributed by atoms with E-state index in [1.165, 1.54) is 296 Å². The number of hydrogen-bond acceptors (Lipinski definition) is 0. The van der Waals surface area contributed by atoms with Gasteiger partial charge in [0, 0.05) is 16.2 Å². The van der Waals surface area contributed by atoms with Crippen LogP contribution in [0, 0.1) is 0 Å². The van der Waals surface area contributed by atoms with Crippen molar-refractivity contribution in [1.29, 1.82) is 0 Å². The molecule has 0 unspecified atom stereocenters. The molecule has 0 heteroatoms. The average Bonchev–Trinajstić information content (AvgIpc) is 1.59. The van der Waals surface area contributed by atoms with Crippen LogP contribution in [0.5, 0.6) is 0 Å². The predicted octanol–water partition coefficient (Wildman–Crippen LogP) is 40.8. The van der Waals surface area contributed by atoms with Gasteiger partial charge in [-0.05, 0) is 375 Å². The van der Waals surface area contributed by atoms with E-state index in [0.29, 0.717) is 0 Å². The van der Waals surface area contributed by atoms with Crippen LogP contribution in [0.3, 0.4) is 0 Å². The molecule has 0 radical (unpaired) electrons. The molecule has 27 aromatic rings. The molecule has 0 heterocycles. The number of rotatable bonds is 9. The minimum Gasteiger partial charge on any atom is -0.0616 e. The molecule has 27 aromatic carbocycles. The minimum atomic E-state index is -0.118. The van der Waals surface area contributed by atoms with E-state index in [1.807, 2.05) is 0 Å². The van der Waals surface area contributed by atoms with Gasteiger partial charge in [0.1, 0.15) is 0 Å². The molecule has 0 aliphatic heterocycles. The second kappa shape index (κ2) is 34.1. The highest BCUT2D eigenvalue weighted by Gasteiger charge is 2.40. The average molecular weight is 1870 g/mol. The lowest BCUT2D eigenvalue weighted by molar-refractivity contribution is 0.660. The van der Waals surface area contributed by atoms with Gasteiger partial charge in [0.05, 0.1) is 0 Å². The molecule has 0 N–H and O–H groups in total. The highest BCUT2D eigenvalue weighted by atomic mass is 14.4. The molecule has 0 saturated carbocycles. The Morgan fingerprint density at radius 1 is 0.0952 bits per heavy atom. The highest BCUT2D eigenvalue weighted by molar-refractivity contribution is 6.21. The van der Waals surface area contributed by atoms with E-state index in [1.54, 1.807) is 0 Å². The topological polar surface area (TPSA) is 0 Å². The van der Waals surface area contributed by atoms with E-state index in [0.717, 1.165) is 0 Å². The fourth-order valence-corrected chi connectivity index (χ4v) is 25.5. The van der Waals surface area contributed by atoms with Crippen molar-refractivity contribution in [3.63, 3.8) is 0 Å². The first-order valence-corrected chi connectivity index (χ1v) is 51.8. The summed E-state index contributed by atoms with van der Waals surface area (Å²) in [7, 11) is 0. The van der Waals surface area contributed by atoms with Gasteiger partial charge in [-0.1, -0.05) is 472 Å². The summed E-state index contributed by atoms with van der Waals surface area (Å²) in [5, 5.41) is 30.8. The third kappa shape index (κ3) is 14.3. The number of hydrogen-bond donors (Lipinski definition) is 0. The van der Waals surface area contributed by atoms with E-state index >= 15 is 0 Å². The van der Waals surface area contributed by atoms with Gasteiger partial charge in [-0.2, -0.15) is 0 Å². The summed E-state index contributed by atoms with van der Waals surface area (Å²) in [6.07, 6.45) is 0. The van der Waals surface area contributed by atoms with Crippen molar-refractivity contribution in [2.24, 2.45) is 0 Å². The van der Waals surface area contributed by atoms with Crippen molar-refractivity contribution < 1.29 is 0 Å². The monoisotopic (exact) mass is 1870 g/mol. The Hall–Kier alpha value is -17.9. The van der Waals surface area contributed by atoms with Gasteiger partial charge in [0.2, 0.25) is 0 Å². The summed E-state index contributed by atoms with van der Waals surface area (Å²) in [4.78, 5) is 0. The van der Waals surface area contributed by atoms with Crippen LogP contribution in [0.2, 0.25) is 0 Å². The normalized spacial score (nSPS) is 13.3. The maximum atomic E-state index is 2.46. The van der Waals surface area contributed by atoms with Crippen LogP contribution in [0.4, 0.5) is 0 Å². The molecule has 3 aliphatic carbocycles. The van der Waals surface area contributed by atoms with Gasteiger partial charge < -0.3 is 0 Å². The minimum absolute atomic E-state index is 0.118. The van der Waals surface area contributed by atoms with Gasteiger partial charge in [-0.25, -0.2) is 0 Å². The summed E-state index contributed by atoms with van der Waals surface area (Å²) in [6.45, 7) is 14.3. The lowest BCUT2D eigenvalue weighted by Gasteiger charge is -2.23. The Bertz CT molecular complexity index is 9620. The van der Waals surface area contributed by atoms with Crippen LogP contribution in [0.1, 0.15) is 74.9 Å². The van der Waals surface area contributed by atoms with Crippen molar-refractivity contribution in [3.8, 4) is 134 Å². The Labute approximate surface area is 857 Å². The van der Waals surface area contributed by atoms with Crippen LogP contribution in [0.25, 0.3) is 263 Å². The molecule has 0 fully saturated rings. The van der Waals surface area contributed by atoms with E-state index in [4.69, 9.17) is 0 Å². The second-order valence-corrected chi connectivity index (χ2v) is 42.3. The first-order chi connectivity index (χ1) is 72.1. The molecule has 3 aliphatic rings. The summed E-state index contributed by atoms with van der Waals surface area (Å²) in [5.41, 5.74) is 38.9. The maximum absolute atomic E-state index is 2.46. The van der Waals surface area contributed by atoms with Gasteiger partial charge in [0.25, 0.3) is 0 Å². The molecule has 0 amide bonds. The van der Waals surface area contributed by atoms with Crippen molar-refractivity contribution >= 4 is 129 Å². The third-order valence-corrected chi connectivity index (χ3v) is 33.1. The lowest BCUT2D eigenvalue weighted by atomic mass is 9.80. The van der Waals surface area contributed by atoms with E-state index < -0.39 is 0 Å². The zero-order valence-corrected chi connectivity index (χ0v) is 83.0. The summed E-state index contributed by atoms with van der Waals surface area (Å²) in [5.74, 6) is 0. The van der Waals surface area contributed by atoms with Gasteiger partial charge >= 0.3 is 0 Å². The Kier molecular flexibility index (Phi) is 20.2. The van der Waals surface area contributed by atoms with E-state index in [2.05, 4.69) is 551 Å². The number of benzene rings is 27. The first kappa shape index (κ1) is 86.9. The molecule has 0 spiro atoms. The van der Waals surface area contributed by atoms with Crippen LogP contribution in [0.15, 0.2) is 510 Å². The highest BCUT2D eigenvalue weighted by Crippen LogP contribution is 2.57. The molecular weight excluding hydrogens is 1770 g/mol.